The minimum Gasteiger partial charge on any atom is -0.294 e. The lowest BCUT2D eigenvalue weighted by Gasteiger charge is -2.04. The van der Waals surface area contributed by atoms with Gasteiger partial charge in [-0.3, -0.25) is 15.2 Å². The molecule has 4 nitrogen and oxygen atoms in total. The second kappa shape index (κ2) is 4.65. The van der Waals surface area contributed by atoms with Crippen LogP contribution in [-0.4, -0.2) is 22.8 Å². The number of nitrogens with zero attached hydrogens (tertiary/aromatic N) is 2. The van der Waals surface area contributed by atoms with Crippen LogP contribution in [-0.2, 0) is 4.79 Å². The highest BCUT2D eigenvalue weighted by atomic mass is 16.1. The van der Waals surface area contributed by atoms with Crippen LogP contribution in [0.15, 0.2) is 41.5 Å². The van der Waals surface area contributed by atoms with Crippen molar-refractivity contribution in [1.29, 1.82) is 5.41 Å². The number of nitrogens with one attached hydrogen (secondary N) is 1. The Hall–Kier alpha value is -2.36. The highest BCUT2D eigenvalue weighted by Gasteiger charge is 2.04. The molecular formula is C13H11N3O. The first-order valence-corrected chi connectivity index (χ1v) is 5.15. The maximum Gasteiger partial charge on any atom is 0.186 e. The van der Waals surface area contributed by atoms with Gasteiger partial charge in [0.05, 0.1) is 5.52 Å². The molecule has 2 aromatic rings. The fourth-order valence-electron chi connectivity index (χ4n) is 1.68. The quantitative estimate of drug-likeness (QED) is 0.483. The summed E-state index contributed by atoms with van der Waals surface area (Å²) in [5.74, 6) is -0.275. The molecule has 2 rings (SSSR count). The zero-order valence-corrected chi connectivity index (χ0v) is 9.34. The molecule has 0 aliphatic carbocycles. The largest absolute Gasteiger partial charge is 0.294 e. The van der Waals surface area contributed by atoms with Gasteiger partial charge in [0, 0.05) is 22.9 Å². The molecule has 0 unspecified atom stereocenters. The highest BCUT2D eigenvalue weighted by molar-refractivity contribution is 6.30. The van der Waals surface area contributed by atoms with Crippen LogP contribution < -0.4 is 0 Å². The molecule has 4 heteroatoms. The van der Waals surface area contributed by atoms with Crippen molar-refractivity contribution in [1.82, 2.24) is 4.98 Å². The van der Waals surface area contributed by atoms with Crippen molar-refractivity contribution >= 4 is 28.7 Å². The predicted molar refractivity (Wildman–Crippen MR) is 67.7 cm³/mol. The topological polar surface area (TPSA) is 66.2 Å². The highest BCUT2D eigenvalue weighted by Crippen LogP contribution is 2.16. The Morgan fingerprint density at radius 1 is 1.35 bits per heavy atom. The second-order valence-electron chi connectivity index (χ2n) is 3.58. The van der Waals surface area contributed by atoms with E-state index in [-0.39, 0.29) is 5.84 Å². The number of carbonyl (C=O) groups is 1. The monoisotopic (exact) mass is 225 g/mol. The summed E-state index contributed by atoms with van der Waals surface area (Å²) < 4.78 is 0. The SMILES string of the molecule is CC(=NC(=N)C=O)c1ccnc2ccccc12. The third-order valence-corrected chi connectivity index (χ3v) is 2.44. The summed E-state index contributed by atoms with van der Waals surface area (Å²) in [5, 5.41) is 8.22. The number of hydrogen-bond donors (Lipinski definition) is 1. The van der Waals surface area contributed by atoms with Gasteiger partial charge in [-0.15, -0.1) is 0 Å². The second-order valence-corrected chi connectivity index (χ2v) is 3.58. The van der Waals surface area contributed by atoms with Crippen molar-refractivity contribution in [2.45, 2.75) is 6.92 Å². The first-order chi connectivity index (χ1) is 8.22. The number of aromatic nitrogens is 1. The molecule has 0 radical (unpaired) electrons. The Balaban J connectivity index is 2.59. The molecule has 84 valence electrons. The van der Waals surface area contributed by atoms with Crippen molar-refractivity contribution in [3.63, 3.8) is 0 Å². The fraction of sp³-hybridized carbons (Fsp3) is 0.0769. The molecule has 0 bridgehead atoms. The summed E-state index contributed by atoms with van der Waals surface area (Å²) in [7, 11) is 0. The number of amidine groups is 1. The van der Waals surface area contributed by atoms with Gasteiger partial charge in [0.1, 0.15) is 0 Å². The molecule has 0 atom stereocenters. The van der Waals surface area contributed by atoms with Crippen molar-refractivity contribution < 1.29 is 4.79 Å². The van der Waals surface area contributed by atoms with E-state index in [1.54, 1.807) is 13.1 Å². The van der Waals surface area contributed by atoms with Gasteiger partial charge in [-0.05, 0) is 19.1 Å². The molecule has 1 N–H and O–H groups in total. The Morgan fingerprint density at radius 3 is 2.88 bits per heavy atom. The number of aliphatic imine (C=N–C) groups is 1. The van der Waals surface area contributed by atoms with Gasteiger partial charge in [0.2, 0.25) is 0 Å². The van der Waals surface area contributed by atoms with Crippen LogP contribution >= 0.6 is 0 Å². The van der Waals surface area contributed by atoms with Gasteiger partial charge < -0.3 is 0 Å². The number of fused-ring (bicyclic) bond motifs is 1. The van der Waals surface area contributed by atoms with E-state index in [0.29, 0.717) is 12.0 Å². The molecule has 0 fully saturated rings. The van der Waals surface area contributed by atoms with Crippen LogP contribution in [0, 0.1) is 5.41 Å². The van der Waals surface area contributed by atoms with E-state index in [1.807, 2.05) is 30.3 Å². The number of hydrogen-bond acceptors (Lipinski definition) is 3. The lowest BCUT2D eigenvalue weighted by Crippen LogP contribution is -2.02. The van der Waals surface area contributed by atoms with Crippen molar-refractivity contribution in [3.8, 4) is 0 Å². The van der Waals surface area contributed by atoms with Crippen LogP contribution in [0.4, 0.5) is 0 Å². The van der Waals surface area contributed by atoms with E-state index in [9.17, 15) is 4.79 Å². The van der Waals surface area contributed by atoms with Crippen LogP contribution in [0.25, 0.3) is 10.9 Å². The lowest BCUT2D eigenvalue weighted by atomic mass is 10.1. The summed E-state index contributed by atoms with van der Waals surface area (Å²) in [6.45, 7) is 1.78. The summed E-state index contributed by atoms with van der Waals surface area (Å²) in [6.07, 6.45) is 2.12. The van der Waals surface area contributed by atoms with E-state index >= 15 is 0 Å². The molecule has 1 heterocycles. The molecule has 0 amide bonds. The molecule has 0 saturated carbocycles. The summed E-state index contributed by atoms with van der Waals surface area (Å²) >= 11 is 0. The molecule has 0 aliphatic rings. The number of benzene rings is 1. The van der Waals surface area contributed by atoms with Gasteiger partial charge >= 0.3 is 0 Å². The van der Waals surface area contributed by atoms with E-state index in [0.717, 1.165) is 16.5 Å². The van der Waals surface area contributed by atoms with Crippen LogP contribution in [0.2, 0.25) is 0 Å². The van der Waals surface area contributed by atoms with E-state index in [1.165, 1.54) is 0 Å². The Bertz CT molecular complexity index is 612. The average Bonchev–Trinajstić information content (AvgIpc) is 2.37. The number of pyridine rings is 1. The maximum atomic E-state index is 10.4. The lowest BCUT2D eigenvalue weighted by molar-refractivity contribution is -0.102. The standard InChI is InChI=1S/C13H11N3O/c1-9(16-13(14)8-17)10-6-7-15-12-5-3-2-4-11(10)12/h2-8,14H,1H3. The first-order valence-electron chi connectivity index (χ1n) is 5.15. The number of carbonyl (C=O) groups excluding carboxylic acids is 1. The third kappa shape index (κ3) is 2.25. The van der Waals surface area contributed by atoms with Gasteiger partial charge in [-0.25, -0.2) is 4.99 Å². The summed E-state index contributed by atoms with van der Waals surface area (Å²) in [4.78, 5) is 18.6. The Morgan fingerprint density at radius 2 is 2.12 bits per heavy atom. The van der Waals surface area contributed by atoms with Crippen LogP contribution in [0.5, 0.6) is 0 Å². The van der Waals surface area contributed by atoms with Gasteiger partial charge in [-0.1, -0.05) is 18.2 Å². The van der Waals surface area contributed by atoms with Crippen LogP contribution in [0.3, 0.4) is 0 Å². The number of rotatable bonds is 2. The van der Waals surface area contributed by atoms with Crippen molar-refractivity contribution in [3.05, 3.63) is 42.1 Å². The predicted octanol–water partition coefficient (Wildman–Crippen LogP) is 2.22. The average molecular weight is 225 g/mol. The Kier molecular flexibility index (Phi) is 3.05. The van der Waals surface area contributed by atoms with Crippen LogP contribution in [0.1, 0.15) is 12.5 Å². The molecule has 1 aromatic carbocycles. The van der Waals surface area contributed by atoms with E-state index in [4.69, 9.17) is 5.41 Å². The minimum absolute atomic E-state index is 0.275. The Labute approximate surface area is 98.5 Å². The molecule has 0 spiro atoms. The molecule has 0 aliphatic heterocycles. The third-order valence-electron chi connectivity index (χ3n) is 2.44. The first kappa shape index (κ1) is 11.1. The summed E-state index contributed by atoms with van der Waals surface area (Å²) in [6, 6.07) is 9.53. The number of para-hydroxylation sites is 1. The van der Waals surface area contributed by atoms with Crippen molar-refractivity contribution in [2.75, 3.05) is 0 Å². The van der Waals surface area contributed by atoms with E-state index in [2.05, 4.69) is 9.98 Å². The van der Waals surface area contributed by atoms with Crippen molar-refractivity contribution in [2.24, 2.45) is 4.99 Å². The summed E-state index contributed by atoms with van der Waals surface area (Å²) in [5.41, 5.74) is 2.40. The van der Waals surface area contributed by atoms with Gasteiger partial charge in [0.15, 0.2) is 12.1 Å². The van der Waals surface area contributed by atoms with E-state index < -0.39 is 0 Å². The zero-order valence-electron chi connectivity index (χ0n) is 9.34. The smallest absolute Gasteiger partial charge is 0.186 e. The molecule has 17 heavy (non-hydrogen) atoms. The maximum absolute atomic E-state index is 10.4. The molecular weight excluding hydrogens is 214 g/mol. The molecule has 0 saturated heterocycles. The fourth-order valence-corrected chi connectivity index (χ4v) is 1.68. The minimum atomic E-state index is -0.275. The molecule has 1 aromatic heterocycles. The van der Waals surface area contributed by atoms with Gasteiger partial charge in [-0.2, -0.15) is 0 Å². The number of aldehydes is 1. The normalized spacial score (nSPS) is 11.5. The zero-order chi connectivity index (χ0) is 12.3. The van der Waals surface area contributed by atoms with Gasteiger partial charge in [0.25, 0.3) is 0 Å².